The maximum atomic E-state index is 10.4. The summed E-state index contributed by atoms with van der Waals surface area (Å²) in [6.45, 7) is 2.22. The predicted molar refractivity (Wildman–Crippen MR) is 81.4 cm³/mol. The number of hydrogen-bond donors (Lipinski definition) is 3. The molecule has 0 radical (unpaired) electrons. The molecular weight excluding hydrogens is 286 g/mol. The molecule has 0 aromatic rings. The molecule has 3 unspecified atom stereocenters. The topological polar surface area (TPSA) is 99.4 Å². The summed E-state index contributed by atoms with van der Waals surface area (Å²) in [7, 11) is 0. The van der Waals surface area contributed by atoms with Crippen LogP contribution in [0.2, 0.25) is 0 Å². The van der Waals surface area contributed by atoms with Gasteiger partial charge in [-0.3, -0.25) is 4.79 Å². The largest absolute Gasteiger partial charge is 0.481 e. The van der Waals surface area contributed by atoms with E-state index in [1.165, 1.54) is 0 Å². The van der Waals surface area contributed by atoms with Crippen molar-refractivity contribution in [1.29, 1.82) is 0 Å². The molecule has 2 rings (SSSR count). The smallest absolute Gasteiger partial charge is 0.303 e. The summed E-state index contributed by atoms with van der Waals surface area (Å²) in [5.41, 5.74) is 0.964. The molecule has 124 valence electrons. The molecule has 2 aliphatic rings. The summed E-state index contributed by atoms with van der Waals surface area (Å²) in [6, 6.07) is 0. The number of nitrogens with zero attached hydrogens (tertiary/aromatic N) is 1. The van der Waals surface area contributed by atoms with Crippen LogP contribution in [0.4, 0.5) is 0 Å². The van der Waals surface area contributed by atoms with Crippen LogP contribution in [-0.2, 0) is 9.63 Å². The Labute approximate surface area is 130 Å². The van der Waals surface area contributed by atoms with E-state index in [9.17, 15) is 15.0 Å². The summed E-state index contributed by atoms with van der Waals surface area (Å²) >= 11 is 0. The number of oxime groups is 1. The minimum atomic E-state index is -0.831. The molecule has 3 N–H and O–H groups in total. The van der Waals surface area contributed by atoms with Gasteiger partial charge in [0.25, 0.3) is 0 Å². The second-order valence-corrected chi connectivity index (χ2v) is 6.13. The molecule has 0 aliphatic heterocycles. The van der Waals surface area contributed by atoms with Gasteiger partial charge in [0.2, 0.25) is 0 Å². The summed E-state index contributed by atoms with van der Waals surface area (Å²) in [6.07, 6.45) is 5.56. The van der Waals surface area contributed by atoms with Crippen LogP contribution in [0, 0.1) is 17.8 Å². The molecule has 2 aliphatic carbocycles. The lowest BCUT2D eigenvalue weighted by Gasteiger charge is -2.34. The number of hydrogen-bond acceptors (Lipinski definition) is 5. The van der Waals surface area contributed by atoms with Gasteiger partial charge >= 0.3 is 5.97 Å². The molecule has 0 amide bonds. The zero-order chi connectivity index (χ0) is 16.1. The molecule has 0 aromatic heterocycles. The first-order valence-electron chi connectivity index (χ1n) is 7.97. The van der Waals surface area contributed by atoms with Crippen LogP contribution >= 0.6 is 0 Å². The van der Waals surface area contributed by atoms with Crippen molar-refractivity contribution in [2.24, 2.45) is 22.9 Å². The van der Waals surface area contributed by atoms with Crippen molar-refractivity contribution in [3.63, 3.8) is 0 Å². The molecule has 0 spiro atoms. The fourth-order valence-corrected chi connectivity index (χ4v) is 3.22. The minimum Gasteiger partial charge on any atom is -0.481 e. The molecule has 0 bridgehead atoms. The molecule has 6 heteroatoms. The Morgan fingerprint density at radius 2 is 2.32 bits per heavy atom. The number of carboxylic acids is 1. The highest BCUT2D eigenvalue weighted by atomic mass is 16.6. The monoisotopic (exact) mass is 311 g/mol. The van der Waals surface area contributed by atoms with Crippen molar-refractivity contribution in [1.82, 2.24) is 0 Å². The Morgan fingerprint density at radius 1 is 1.55 bits per heavy atom. The van der Waals surface area contributed by atoms with Gasteiger partial charge in [-0.15, -0.1) is 0 Å². The first-order valence-corrected chi connectivity index (χ1v) is 7.97. The lowest BCUT2D eigenvalue weighted by molar-refractivity contribution is -0.137. The molecule has 2 fully saturated rings. The zero-order valence-electron chi connectivity index (χ0n) is 12.9. The van der Waals surface area contributed by atoms with Crippen molar-refractivity contribution in [3.8, 4) is 0 Å². The highest BCUT2D eigenvalue weighted by Crippen LogP contribution is 2.49. The lowest BCUT2D eigenvalue weighted by atomic mass is 9.71. The summed E-state index contributed by atoms with van der Waals surface area (Å²) in [5, 5.41) is 32.3. The highest BCUT2D eigenvalue weighted by molar-refractivity contribution is 5.93. The van der Waals surface area contributed by atoms with Gasteiger partial charge in [-0.25, -0.2) is 0 Å². The summed E-state index contributed by atoms with van der Waals surface area (Å²) in [4.78, 5) is 15.5. The molecule has 2 saturated carbocycles. The Bertz CT molecular complexity index is 448. The van der Waals surface area contributed by atoms with E-state index in [0.717, 1.165) is 12.1 Å². The zero-order valence-corrected chi connectivity index (χ0v) is 12.9. The number of aliphatic hydroxyl groups is 2. The Hall–Kier alpha value is -1.40. The second kappa shape index (κ2) is 7.74. The number of aliphatic carboxylic acids is 1. The fourth-order valence-electron chi connectivity index (χ4n) is 3.22. The molecule has 0 aromatic carbocycles. The van der Waals surface area contributed by atoms with Gasteiger partial charge in [0.15, 0.2) is 0 Å². The van der Waals surface area contributed by atoms with E-state index >= 15 is 0 Å². The fraction of sp³-hybridized carbons (Fsp3) is 0.750. The van der Waals surface area contributed by atoms with Crippen molar-refractivity contribution in [2.75, 3.05) is 6.61 Å². The number of rotatable bonds is 8. The van der Waals surface area contributed by atoms with Crippen LogP contribution in [0.3, 0.4) is 0 Å². The van der Waals surface area contributed by atoms with Crippen LogP contribution in [-0.4, -0.2) is 45.8 Å². The molecule has 0 saturated heterocycles. The maximum Gasteiger partial charge on any atom is 0.303 e. The summed E-state index contributed by atoms with van der Waals surface area (Å²) in [5.74, 6) is -0.125. The van der Waals surface area contributed by atoms with Crippen LogP contribution < -0.4 is 0 Å². The maximum absolute atomic E-state index is 10.4. The van der Waals surface area contributed by atoms with Gasteiger partial charge in [-0.2, -0.15) is 0 Å². The predicted octanol–water partition coefficient (Wildman–Crippen LogP) is 1.57. The number of aliphatic hydroxyl groups excluding tert-OH is 2. The van der Waals surface area contributed by atoms with E-state index in [2.05, 4.69) is 5.16 Å². The van der Waals surface area contributed by atoms with Gasteiger partial charge in [-0.05, 0) is 31.6 Å². The number of carbonyl (C=O) groups is 1. The van der Waals surface area contributed by atoms with Crippen LogP contribution in [0.25, 0.3) is 0 Å². The minimum absolute atomic E-state index is 0.0807. The van der Waals surface area contributed by atoms with Gasteiger partial charge in [0, 0.05) is 18.3 Å². The average molecular weight is 311 g/mol. The quantitative estimate of drug-likeness (QED) is 0.359. The van der Waals surface area contributed by atoms with E-state index in [4.69, 9.17) is 9.94 Å². The van der Waals surface area contributed by atoms with Gasteiger partial charge in [0.1, 0.15) is 6.61 Å². The van der Waals surface area contributed by atoms with E-state index in [0.29, 0.717) is 31.8 Å². The van der Waals surface area contributed by atoms with E-state index in [-0.39, 0.29) is 18.3 Å². The van der Waals surface area contributed by atoms with Crippen molar-refractivity contribution in [3.05, 3.63) is 12.2 Å². The van der Waals surface area contributed by atoms with E-state index < -0.39 is 18.2 Å². The lowest BCUT2D eigenvalue weighted by Crippen LogP contribution is -2.36. The standard InChI is InChI=1S/C16H25NO5/c1-2-10(18)5-6-11-12-8-14(13(12)9-15(11)19)17-22-7-3-4-16(20)21/h5-6,10-13,15,18-19H,2-4,7-9H2,1H3,(H,20,21)/t10?,11?,12-,13-,15?/m0/s1. The highest BCUT2D eigenvalue weighted by Gasteiger charge is 2.51. The van der Waals surface area contributed by atoms with Gasteiger partial charge in [0.05, 0.1) is 17.9 Å². The second-order valence-electron chi connectivity index (χ2n) is 6.13. The first-order chi connectivity index (χ1) is 10.5. The molecule has 22 heavy (non-hydrogen) atoms. The number of carboxylic acid groups (broad SMARTS) is 1. The van der Waals surface area contributed by atoms with Crippen molar-refractivity contribution >= 4 is 11.7 Å². The number of fused-ring (bicyclic) bond motifs is 1. The van der Waals surface area contributed by atoms with Crippen LogP contribution in [0.15, 0.2) is 17.3 Å². The van der Waals surface area contributed by atoms with Gasteiger partial charge in [-0.1, -0.05) is 24.2 Å². The third-order valence-electron chi connectivity index (χ3n) is 4.61. The SMILES string of the molecule is CCC(O)C=CC1C(O)C[C@@H]2C(=NOCCCC(=O)O)C[C@@H]12. The van der Waals surface area contributed by atoms with Crippen LogP contribution in [0.1, 0.15) is 39.0 Å². The molecule has 6 nitrogen and oxygen atoms in total. The Morgan fingerprint density at radius 3 is 3.00 bits per heavy atom. The van der Waals surface area contributed by atoms with Crippen LogP contribution in [0.5, 0.6) is 0 Å². The average Bonchev–Trinajstić information content (AvgIpc) is 2.71. The first kappa shape index (κ1) is 17.0. The normalized spacial score (nSPS) is 33.7. The van der Waals surface area contributed by atoms with Crippen molar-refractivity contribution in [2.45, 2.75) is 51.2 Å². The Balaban J connectivity index is 1.78. The van der Waals surface area contributed by atoms with E-state index in [1.807, 2.05) is 13.0 Å². The van der Waals surface area contributed by atoms with Crippen molar-refractivity contribution < 1.29 is 25.0 Å². The summed E-state index contributed by atoms with van der Waals surface area (Å²) < 4.78 is 0. The molecule has 5 atom stereocenters. The molecule has 0 heterocycles. The van der Waals surface area contributed by atoms with E-state index in [1.54, 1.807) is 6.08 Å². The third-order valence-corrected chi connectivity index (χ3v) is 4.61. The molecular formula is C16H25NO5. The Kier molecular flexibility index (Phi) is 5.97. The third kappa shape index (κ3) is 4.08. The van der Waals surface area contributed by atoms with Gasteiger partial charge < -0.3 is 20.2 Å².